The van der Waals surface area contributed by atoms with Crippen LogP contribution >= 0.6 is 0 Å². The third-order valence-corrected chi connectivity index (χ3v) is 8.67. The van der Waals surface area contributed by atoms with E-state index in [0.717, 1.165) is 67.0 Å². The zero-order valence-electron chi connectivity index (χ0n) is 22.6. The lowest BCUT2D eigenvalue weighted by Gasteiger charge is -2.41. The van der Waals surface area contributed by atoms with Crippen molar-refractivity contribution in [1.29, 1.82) is 0 Å². The Hall–Kier alpha value is -2.90. The number of pyridine rings is 1. The van der Waals surface area contributed by atoms with Gasteiger partial charge in [0.2, 0.25) is 0 Å². The molecule has 3 aromatic rings. The second-order valence-corrected chi connectivity index (χ2v) is 10.9. The Morgan fingerprint density at radius 3 is 2.51 bits per heavy atom. The van der Waals surface area contributed by atoms with Crippen molar-refractivity contribution in [2.75, 3.05) is 26.3 Å². The first kappa shape index (κ1) is 25.7. The van der Waals surface area contributed by atoms with Gasteiger partial charge in [-0.2, -0.15) is 0 Å². The molecule has 1 atom stereocenters. The summed E-state index contributed by atoms with van der Waals surface area (Å²) in [6.07, 6.45) is 4.63. The third-order valence-electron chi connectivity index (χ3n) is 8.67. The van der Waals surface area contributed by atoms with E-state index in [1.54, 1.807) is 0 Å². The number of aromatic amines is 1. The Balaban J connectivity index is 1.36. The van der Waals surface area contributed by atoms with Crippen LogP contribution in [0.3, 0.4) is 0 Å². The third kappa shape index (κ3) is 5.12. The van der Waals surface area contributed by atoms with E-state index in [9.17, 15) is 9.59 Å². The van der Waals surface area contributed by atoms with Crippen LogP contribution in [0.25, 0.3) is 10.9 Å². The molecule has 0 aliphatic carbocycles. The van der Waals surface area contributed by atoms with Crippen LogP contribution in [0.5, 0.6) is 0 Å². The van der Waals surface area contributed by atoms with Gasteiger partial charge in [0.15, 0.2) is 0 Å². The van der Waals surface area contributed by atoms with Gasteiger partial charge in [0.05, 0.1) is 5.56 Å². The molecule has 1 aromatic carbocycles. The predicted octanol–water partition coefficient (Wildman–Crippen LogP) is 4.64. The molecule has 1 unspecified atom stereocenters. The van der Waals surface area contributed by atoms with E-state index in [-0.39, 0.29) is 18.0 Å². The Bertz CT molecular complexity index is 1330. The number of likely N-dealkylation sites (tertiary alicyclic amines) is 1. The number of nitrogens with zero attached hydrogens (tertiary/aromatic N) is 2. The number of fused-ring (bicyclic) bond motifs is 1. The van der Waals surface area contributed by atoms with Crippen LogP contribution in [0.1, 0.15) is 71.5 Å². The summed E-state index contributed by atoms with van der Waals surface area (Å²) in [5.74, 6) is 0.434. The van der Waals surface area contributed by atoms with Gasteiger partial charge in [-0.3, -0.25) is 9.59 Å². The van der Waals surface area contributed by atoms with E-state index in [2.05, 4.69) is 45.7 Å². The highest BCUT2D eigenvalue weighted by Crippen LogP contribution is 2.36. The first-order valence-corrected chi connectivity index (χ1v) is 13.7. The Kier molecular flexibility index (Phi) is 7.54. The monoisotopic (exact) mass is 504 g/mol. The fourth-order valence-electron chi connectivity index (χ4n) is 6.59. The van der Waals surface area contributed by atoms with E-state index in [0.29, 0.717) is 29.1 Å². The molecule has 2 aromatic heterocycles. The van der Waals surface area contributed by atoms with Crippen molar-refractivity contribution in [3.63, 3.8) is 0 Å². The zero-order chi connectivity index (χ0) is 26.1. The number of carbonyl (C=O) groups excluding carboxylic acids is 1. The molecule has 1 amide bonds. The van der Waals surface area contributed by atoms with Crippen molar-refractivity contribution in [2.45, 2.75) is 72.0 Å². The highest BCUT2D eigenvalue weighted by Gasteiger charge is 2.31. The summed E-state index contributed by atoms with van der Waals surface area (Å²) in [4.78, 5) is 31.5. The number of benzene rings is 1. The minimum absolute atomic E-state index is 0.131. The van der Waals surface area contributed by atoms with Crippen LogP contribution in [0.4, 0.5) is 0 Å². The molecule has 0 radical (unpaired) electrons. The molecule has 5 rings (SSSR count). The molecule has 7 nitrogen and oxygen atoms in total. The average Bonchev–Trinajstić information content (AvgIpc) is 3.19. The summed E-state index contributed by atoms with van der Waals surface area (Å²) < 4.78 is 7.94. The number of piperidine rings is 1. The van der Waals surface area contributed by atoms with Crippen LogP contribution in [0.2, 0.25) is 0 Å². The van der Waals surface area contributed by atoms with Gasteiger partial charge < -0.3 is 24.5 Å². The largest absolute Gasteiger partial charge is 0.381 e. The number of carbonyl (C=O) groups is 1. The number of ether oxygens (including phenoxy) is 1. The van der Waals surface area contributed by atoms with Crippen molar-refractivity contribution in [2.24, 2.45) is 5.92 Å². The van der Waals surface area contributed by atoms with Crippen LogP contribution in [0, 0.1) is 26.7 Å². The minimum atomic E-state index is -0.141. The van der Waals surface area contributed by atoms with Gasteiger partial charge in [-0.1, -0.05) is 18.2 Å². The lowest BCUT2D eigenvalue weighted by atomic mass is 9.88. The quantitative estimate of drug-likeness (QED) is 0.513. The molecular weight excluding hydrogens is 464 g/mol. The van der Waals surface area contributed by atoms with Crippen LogP contribution < -0.4 is 10.9 Å². The molecule has 0 saturated carbocycles. The summed E-state index contributed by atoms with van der Waals surface area (Å²) in [5, 5.41) is 4.01. The van der Waals surface area contributed by atoms with Gasteiger partial charge in [0.1, 0.15) is 0 Å². The van der Waals surface area contributed by atoms with Gasteiger partial charge in [-0.25, -0.2) is 0 Å². The fourth-order valence-corrected chi connectivity index (χ4v) is 6.59. The predicted molar refractivity (Wildman–Crippen MR) is 147 cm³/mol. The second-order valence-electron chi connectivity index (χ2n) is 10.9. The molecule has 2 saturated heterocycles. The smallest absolute Gasteiger partial charge is 0.254 e. The average molecular weight is 505 g/mol. The Morgan fingerprint density at radius 1 is 1.11 bits per heavy atom. The first-order chi connectivity index (χ1) is 17.8. The molecule has 0 spiro atoms. The number of hydrogen-bond donors (Lipinski definition) is 2. The number of amides is 1. The molecule has 2 aliphatic heterocycles. The topological polar surface area (TPSA) is 79.4 Å². The highest BCUT2D eigenvalue weighted by atomic mass is 16.5. The zero-order valence-corrected chi connectivity index (χ0v) is 22.6. The molecule has 7 heteroatoms. The number of H-pyrrole nitrogens is 1. The molecular formula is C30H40N4O3. The van der Waals surface area contributed by atoms with Crippen molar-refractivity contribution in [3.8, 4) is 0 Å². The van der Waals surface area contributed by atoms with Crippen molar-refractivity contribution in [1.82, 2.24) is 19.8 Å². The van der Waals surface area contributed by atoms with Crippen LogP contribution in [0.15, 0.2) is 35.1 Å². The van der Waals surface area contributed by atoms with Crippen molar-refractivity contribution < 1.29 is 9.53 Å². The molecule has 4 heterocycles. The molecule has 2 aliphatic rings. The van der Waals surface area contributed by atoms with E-state index >= 15 is 0 Å². The van der Waals surface area contributed by atoms with Crippen LogP contribution in [-0.4, -0.2) is 52.7 Å². The summed E-state index contributed by atoms with van der Waals surface area (Å²) >= 11 is 0. The van der Waals surface area contributed by atoms with Gasteiger partial charge in [0.25, 0.3) is 11.5 Å². The summed E-state index contributed by atoms with van der Waals surface area (Å²) in [5.41, 5.74) is 4.98. The van der Waals surface area contributed by atoms with E-state index in [1.165, 1.54) is 12.8 Å². The summed E-state index contributed by atoms with van der Waals surface area (Å²) in [6, 6.07) is 11.1. The Morgan fingerprint density at radius 2 is 1.81 bits per heavy atom. The van der Waals surface area contributed by atoms with Crippen LogP contribution in [-0.2, 0) is 11.3 Å². The SMILES string of the molecule is Cc1cc(C)c(CNC(=O)c2c(C)n(C(C)C3CCN(C4CCOCC4)CC3)c3ccccc23)c(=O)[nH]1. The molecule has 2 N–H and O–H groups in total. The second kappa shape index (κ2) is 10.8. The number of nitrogens with one attached hydrogen (secondary N) is 2. The van der Waals surface area contributed by atoms with Gasteiger partial charge >= 0.3 is 0 Å². The lowest BCUT2D eigenvalue weighted by Crippen LogP contribution is -2.45. The van der Waals surface area contributed by atoms with Gasteiger partial charge in [-0.15, -0.1) is 0 Å². The highest BCUT2D eigenvalue weighted by molar-refractivity contribution is 6.08. The van der Waals surface area contributed by atoms with Crippen molar-refractivity contribution in [3.05, 3.63) is 68.8 Å². The maximum absolute atomic E-state index is 13.5. The molecule has 0 bridgehead atoms. The number of aryl methyl sites for hydroxylation is 2. The number of hydrogen-bond acceptors (Lipinski definition) is 4. The maximum atomic E-state index is 13.5. The maximum Gasteiger partial charge on any atom is 0.254 e. The first-order valence-electron chi connectivity index (χ1n) is 13.7. The standard InChI is InChI=1S/C30H40N4O3/c1-19-17-20(2)32-29(35)26(19)18-31-30(36)28-22(4)34(27-8-6-5-7-25(27)28)21(3)23-9-13-33(14-10-23)24-11-15-37-16-12-24/h5-8,17,21,23-24H,9-16,18H2,1-4H3,(H,31,36)(H,32,35). The fraction of sp³-hybridized carbons (Fsp3) is 0.533. The molecule has 37 heavy (non-hydrogen) atoms. The van der Waals surface area contributed by atoms with Gasteiger partial charge in [0, 0.05) is 59.7 Å². The number of aromatic nitrogens is 2. The Labute approximate surface area is 219 Å². The number of para-hydroxylation sites is 1. The normalized spacial score (nSPS) is 18.8. The van der Waals surface area contributed by atoms with Gasteiger partial charge in [-0.05, 0) is 90.1 Å². The lowest BCUT2D eigenvalue weighted by molar-refractivity contribution is 0.0177. The number of rotatable bonds is 6. The van der Waals surface area contributed by atoms with E-state index in [4.69, 9.17) is 4.74 Å². The minimum Gasteiger partial charge on any atom is -0.381 e. The molecule has 198 valence electrons. The summed E-state index contributed by atoms with van der Waals surface area (Å²) in [6.45, 7) is 12.4. The van der Waals surface area contributed by atoms with Crippen molar-refractivity contribution >= 4 is 16.8 Å². The summed E-state index contributed by atoms with van der Waals surface area (Å²) in [7, 11) is 0. The van der Waals surface area contributed by atoms with E-state index in [1.807, 2.05) is 32.0 Å². The van der Waals surface area contributed by atoms with E-state index < -0.39 is 0 Å². The molecule has 2 fully saturated rings.